The lowest BCUT2D eigenvalue weighted by atomic mass is 9.92. The van der Waals surface area contributed by atoms with Gasteiger partial charge in [-0.15, -0.1) is 0 Å². The number of carbonyl (C=O) groups is 2. The molecule has 2 heterocycles. The Bertz CT molecular complexity index is 660. The molecular formula is C20H35N3O4S. The van der Waals surface area contributed by atoms with E-state index in [0.717, 1.165) is 32.1 Å². The highest BCUT2D eigenvalue weighted by Gasteiger charge is 2.41. The van der Waals surface area contributed by atoms with E-state index in [1.165, 1.54) is 23.6 Å². The molecule has 160 valence electrons. The predicted octanol–water partition coefficient (Wildman–Crippen LogP) is 1.88. The normalized spacial score (nSPS) is 27.7. The highest BCUT2D eigenvalue weighted by atomic mass is 32.2. The lowest BCUT2D eigenvalue weighted by Gasteiger charge is -2.36. The van der Waals surface area contributed by atoms with Gasteiger partial charge in [0.15, 0.2) is 0 Å². The summed E-state index contributed by atoms with van der Waals surface area (Å²) in [4.78, 5) is 27.6. The molecule has 7 nitrogen and oxygen atoms in total. The van der Waals surface area contributed by atoms with Crippen LogP contribution < -0.4 is 5.32 Å². The Hall–Kier alpha value is -1.15. The van der Waals surface area contributed by atoms with E-state index in [0.29, 0.717) is 32.5 Å². The van der Waals surface area contributed by atoms with Crippen LogP contribution in [0.4, 0.5) is 0 Å². The van der Waals surface area contributed by atoms with Gasteiger partial charge in [-0.3, -0.25) is 9.59 Å². The second-order valence-corrected chi connectivity index (χ2v) is 10.6. The van der Waals surface area contributed by atoms with Crippen molar-refractivity contribution in [2.75, 3.05) is 25.4 Å². The number of piperidine rings is 1. The molecule has 0 aromatic heterocycles. The van der Waals surface area contributed by atoms with Crippen LogP contribution in [0, 0.1) is 5.92 Å². The molecular weight excluding hydrogens is 378 g/mol. The second kappa shape index (κ2) is 9.57. The predicted molar refractivity (Wildman–Crippen MR) is 108 cm³/mol. The monoisotopic (exact) mass is 413 g/mol. The summed E-state index contributed by atoms with van der Waals surface area (Å²) in [5, 5.41) is 3.18. The Morgan fingerprint density at radius 1 is 0.964 bits per heavy atom. The minimum atomic E-state index is -3.39. The van der Waals surface area contributed by atoms with Gasteiger partial charge < -0.3 is 10.2 Å². The molecule has 0 spiro atoms. The number of sulfonamides is 1. The van der Waals surface area contributed by atoms with Gasteiger partial charge in [0, 0.05) is 25.7 Å². The Labute approximate surface area is 169 Å². The molecule has 3 rings (SSSR count). The summed E-state index contributed by atoms with van der Waals surface area (Å²) >= 11 is 0. The van der Waals surface area contributed by atoms with Gasteiger partial charge in [-0.2, -0.15) is 4.31 Å². The van der Waals surface area contributed by atoms with E-state index in [1.807, 2.05) is 6.92 Å². The summed E-state index contributed by atoms with van der Waals surface area (Å²) in [7, 11) is -3.39. The number of hydrogen-bond donors (Lipinski definition) is 1. The third kappa shape index (κ3) is 5.06. The van der Waals surface area contributed by atoms with Crippen LogP contribution in [0.2, 0.25) is 0 Å². The number of rotatable bonds is 6. The first-order chi connectivity index (χ1) is 13.4. The number of carbonyl (C=O) groups excluding carboxylic acids is 2. The summed E-state index contributed by atoms with van der Waals surface area (Å²) in [5.41, 5.74) is 0. The number of likely N-dealkylation sites (tertiary alicyclic amines) is 1. The fraction of sp³-hybridized carbons (Fsp3) is 0.900. The van der Waals surface area contributed by atoms with Crippen molar-refractivity contribution < 1.29 is 18.0 Å². The minimum absolute atomic E-state index is 0.0614. The SMILES string of the molecule is CCCS(=O)(=O)N1CCCC1C(=O)N1CCCC(C(=O)NC2CCCCC2)C1. The average molecular weight is 414 g/mol. The Balaban J connectivity index is 1.59. The van der Waals surface area contributed by atoms with E-state index < -0.39 is 16.1 Å². The third-order valence-corrected chi connectivity index (χ3v) is 8.44. The molecule has 0 radical (unpaired) electrons. The van der Waals surface area contributed by atoms with Gasteiger partial charge in [-0.1, -0.05) is 26.2 Å². The zero-order chi connectivity index (χ0) is 20.1. The number of nitrogens with zero attached hydrogens (tertiary/aromatic N) is 2. The fourth-order valence-electron chi connectivity index (χ4n) is 4.86. The lowest BCUT2D eigenvalue weighted by molar-refractivity contribution is -0.138. The molecule has 2 aliphatic heterocycles. The smallest absolute Gasteiger partial charge is 0.241 e. The Morgan fingerprint density at radius 2 is 1.68 bits per heavy atom. The van der Waals surface area contributed by atoms with Crippen molar-refractivity contribution in [3.63, 3.8) is 0 Å². The van der Waals surface area contributed by atoms with Crippen LogP contribution in [-0.2, 0) is 19.6 Å². The molecule has 0 bridgehead atoms. The maximum absolute atomic E-state index is 13.1. The number of hydrogen-bond acceptors (Lipinski definition) is 4. The zero-order valence-electron chi connectivity index (χ0n) is 17.1. The van der Waals surface area contributed by atoms with Crippen LogP contribution in [0.25, 0.3) is 0 Å². The van der Waals surface area contributed by atoms with Crippen molar-refractivity contribution in [3.8, 4) is 0 Å². The maximum atomic E-state index is 13.1. The van der Waals surface area contributed by atoms with Gasteiger partial charge in [0.05, 0.1) is 11.7 Å². The summed E-state index contributed by atoms with van der Waals surface area (Å²) < 4.78 is 26.4. The van der Waals surface area contributed by atoms with Gasteiger partial charge in [0.25, 0.3) is 0 Å². The highest BCUT2D eigenvalue weighted by Crippen LogP contribution is 2.26. The van der Waals surface area contributed by atoms with E-state index in [9.17, 15) is 18.0 Å². The van der Waals surface area contributed by atoms with Crippen molar-refractivity contribution in [1.29, 1.82) is 0 Å². The summed E-state index contributed by atoms with van der Waals surface area (Å²) in [6, 6.07) is -0.312. The Morgan fingerprint density at radius 3 is 2.39 bits per heavy atom. The summed E-state index contributed by atoms with van der Waals surface area (Å²) in [6.07, 6.45) is 9.13. The van der Waals surface area contributed by atoms with E-state index in [-0.39, 0.29) is 29.5 Å². The van der Waals surface area contributed by atoms with Crippen LogP contribution in [0.15, 0.2) is 0 Å². The Kier molecular flexibility index (Phi) is 7.36. The molecule has 1 aliphatic carbocycles. The van der Waals surface area contributed by atoms with Gasteiger partial charge in [0.2, 0.25) is 21.8 Å². The van der Waals surface area contributed by atoms with Gasteiger partial charge in [-0.25, -0.2) is 8.42 Å². The quantitative estimate of drug-likeness (QED) is 0.720. The first kappa shape index (κ1) is 21.6. The first-order valence-electron chi connectivity index (χ1n) is 11.0. The molecule has 2 amide bonds. The summed E-state index contributed by atoms with van der Waals surface area (Å²) in [6.45, 7) is 3.29. The molecule has 0 aromatic rings. The maximum Gasteiger partial charge on any atom is 0.241 e. The molecule has 2 saturated heterocycles. The van der Waals surface area contributed by atoms with Crippen LogP contribution >= 0.6 is 0 Å². The van der Waals surface area contributed by atoms with Crippen molar-refractivity contribution in [1.82, 2.24) is 14.5 Å². The first-order valence-corrected chi connectivity index (χ1v) is 12.6. The molecule has 8 heteroatoms. The van der Waals surface area contributed by atoms with Crippen LogP contribution in [0.3, 0.4) is 0 Å². The van der Waals surface area contributed by atoms with Crippen LogP contribution in [0.5, 0.6) is 0 Å². The zero-order valence-corrected chi connectivity index (χ0v) is 17.9. The highest BCUT2D eigenvalue weighted by molar-refractivity contribution is 7.89. The lowest BCUT2D eigenvalue weighted by Crippen LogP contribution is -2.53. The molecule has 0 aromatic carbocycles. The van der Waals surface area contributed by atoms with Crippen LogP contribution in [-0.4, -0.2) is 66.9 Å². The molecule has 2 atom stereocenters. The molecule has 3 fully saturated rings. The minimum Gasteiger partial charge on any atom is -0.353 e. The van der Waals surface area contributed by atoms with E-state index >= 15 is 0 Å². The topological polar surface area (TPSA) is 86.8 Å². The second-order valence-electron chi connectivity index (χ2n) is 8.55. The van der Waals surface area contributed by atoms with Crippen LogP contribution in [0.1, 0.15) is 71.1 Å². The van der Waals surface area contributed by atoms with Gasteiger partial charge >= 0.3 is 0 Å². The standard InChI is InChI=1S/C20H35N3O4S/c1-2-14-28(26,27)23-13-7-11-18(23)20(25)22-12-6-8-16(15-22)19(24)21-17-9-4-3-5-10-17/h16-18H,2-15H2,1H3,(H,21,24). The number of nitrogens with one attached hydrogen (secondary N) is 1. The van der Waals surface area contributed by atoms with E-state index in [4.69, 9.17) is 0 Å². The molecule has 3 aliphatic rings. The van der Waals surface area contributed by atoms with Crippen molar-refractivity contribution in [3.05, 3.63) is 0 Å². The molecule has 1 saturated carbocycles. The molecule has 28 heavy (non-hydrogen) atoms. The van der Waals surface area contributed by atoms with Gasteiger partial charge in [0.1, 0.15) is 6.04 Å². The van der Waals surface area contributed by atoms with Crippen molar-refractivity contribution in [2.24, 2.45) is 5.92 Å². The molecule has 2 unspecified atom stereocenters. The van der Waals surface area contributed by atoms with Crippen molar-refractivity contribution in [2.45, 2.75) is 83.2 Å². The van der Waals surface area contributed by atoms with Gasteiger partial charge in [-0.05, 0) is 44.9 Å². The third-order valence-electron chi connectivity index (χ3n) is 6.36. The largest absolute Gasteiger partial charge is 0.353 e. The molecule has 1 N–H and O–H groups in total. The van der Waals surface area contributed by atoms with Crippen molar-refractivity contribution >= 4 is 21.8 Å². The average Bonchev–Trinajstić information content (AvgIpc) is 3.19. The number of amides is 2. The van der Waals surface area contributed by atoms with E-state index in [1.54, 1.807) is 4.90 Å². The van der Waals surface area contributed by atoms with E-state index in [2.05, 4.69) is 5.32 Å². The fourth-order valence-corrected chi connectivity index (χ4v) is 6.60. The summed E-state index contributed by atoms with van der Waals surface area (Å²) in [5.74, 6) is -0.149.